The van der Waals surface area contributed by atoms with Crippen molar-refractivity contribution in [2.75, 3.05) is 19.0 Å². The second-order valence-electron chi connectivity index (χ2n) is 4.16. The number of benzene rings is 1. The standard InChI is InChI=1S/C13H17N3S/c1-4-10-9-14-13(17)16(10)12-8-6-5-7-11(12)15(2)3/h5-9H,4H2,1-3H3,(H,14,17). The van der Waals surface area contributed by atoms with E-state index in [1.165, 1.54) is 5.69 Å². The molecule has 0 aliphatic rings. The summed E-state index contributed by atoms with van der Waals surface area (Å²) in [5.41, 5.74) is 3.49. The molecule has 1 aromatic carbocycles. The summed E-state index contributed by atoms with van der Waals surface area (Å²) in [6, 6.07) is 8.28. The predicted molar refractivity (Wildman–Crippen MR) is 74.7 cm³/mol. The van der Waals surface area contributed by atoms with Gasteiger partial charge in [0.15, 0.2) is 4.77 Å². The van der Waals surface area contributed by atoms with Gasteiger partial charge in [0.25, 0.3) is 0 Å². The summed E-state index contributed by atoms with van der Waals surface area (Å²) in [5, 5.41) is 0. The molecule has 0 radical (unpaired) electrons. The lowest BCUT2D eigenvalue weighted by Crippen LogP contribution is -2.13. The largest absolute Gasteiger partial charge is 0.376 e. The SMILES string of the molecule is CCc1c[nH]c(=S)n1-c1ccccc1N(C)C. The van der Waals surface area contributed by atoms with Gasteiger partial charge in [0.1, 0.15) is 0 Å². The van der Waals surface area contributed by atoms with E-state index in [1.54, 1.807) is 0 Å². The molecule has 1 aromatic heterocycles. The molecule has 0 atom stereocenters. The van der Waals surface area contributed by atoms with Crippen LogP contribution in [0.15, 0.2) is 30.5 Å². The van der Waals surface area contributed by atoms with Gasteiger partial charge >= 0.3 is 0 Å². The molecule has 0 fully saturated rings. The quantitative estimate of drug-likeness (QED) is 0.842. The minimum absolute atomic E-state index is 0.746. The number of rotatable bonds is 3. The lowest BCUT2D eigenvalue weighted by Gasteiger charge is -2.18. The van der Waals surface area contributed by atoms with Crippen LogP contribution < -0.4 is 4.90 Å². The molecule has 90 valence electrons. The highest BCUT2D eigenvalue weighted by Crippen LogP contribution is 2.24. The van der Waals surface area contributed by atoms with Gasteiger partial charge in [0.05, 0.1) is 11.4 Å². The molecular formula is C13H17N3S. The number of nitrogens with zero attached hydrogens (tertiary/aromatic N) is 2. The molecule has 2 rings (SSSR count). The number of anilines is 1. The van der Waals surface area contributed by atoms with Gasteiger partial charge in [-0.05, 0) is 30.8 Å². The number of hydrogen-bond acceptors (Lipinski definition) is 2. The third kappa shape index (κ3) is 2.13. The molecule has 1 heterocycles. The van der Waals surface area contributed by atoms with Crippen molar-refractivity contribution in [3.8, 4) is 5.69 Å². The third-order valence-electron chi connectivity index (χ3n) is 2.82. The Kier molecular flexibility index (Phi) is 3.33. The van der Waals surface area contributed by atoms with Crippen molar-refractivity contribution in [3.63, 3.8) is 0 Å². The van der Waals surface area contributed by atoms with E-state index in [1.807, 2.05) is 32.4 Å². The van der Waals surface area contributed by atoms with Crippen LogP contribution in [0, 0.1) is 4.77 Å². The molecule has 0 aliphatic heterocycles. The second-order valence-corrected chi connectivity index (χ2v) is 4.54. The van der Waals surface area contributed by atoms with Crippen molar-refractivity contribution in [1.29, 1.82) is 0 Å². The number of aromatic nitrogens is 2. The maximum absolute atomic E-state index is 5.36. The van der Waals surface area contributed by atoms with Gasteiger partial charge in [0.2, 0.25) is 0 Å². The Labute approximate surface area is 107 Å². The van der Waals surface area contributed by atoms with Crippen LogP contribution in [0.3, 0.4) is 0 Å². The number of para-hydroxylation sites is 2. The monoisotopic (exact) mass is 247 g/mol. The van der Waals surface area contributed by atoms with Crippen LogP contribution in [0.5, 0.6) is 0 Å². The van der Waals surface area contributed by atoms with Crippen molar-refractivity contribution in [1.82, 2.24) is 9.55 Å². The van der Waals surface area contributed by atoms with Crippen molar-refractivity contribution in [2.24, 2.45) is 0 Å². The third-order valence-corrected chi connectivity index (χ3v) is 3.12. The smallest absolute Gasteiger partial charge is 0.182 e. The first-order valence-corrected chi connectivity index (χ1v) is 6.12. The zero-order valence-corrected chi connectivity index (χ0v) is 11.2. The van der Waals surface area contributed by atoms with E-state index >= 15 is 0 Å². The first kappa shape index (κ1) is 11.9. The van der Waals surface area contributed by atoms with Crippen LogP contribution in [-0.2, 0) is 6.42 Å². The number of aromatic amines is 1. The van der Waals surface area contributed by atoms with Gasteiger partial charge in [-0.25, -0.2) is 0 Å². The molecule has 0 unspecified atom stereocenters. The number of imidazole rings is 1. The van der Waals surface area contributed by atoms with Crippen molar-refractivity contribution >= 4 is 17.9 Å². The zero-order valence-electron chi connectivity index (χ0n) is 10.4. The van der Waals surface area contributed by atoms with Crippen LogP contribution in [0.4, 0.5) is 5.69 Å². The Morgan fingerprint density at radius 2 is 2.00 bits per heavy atom. The van der Waals surface area contributed by atoms with Gasteiger partial charge in [0, 0.05) is 26.0 Å². The predicted octanol–water partition coefficient (Wildman–Crippen LogP) is 3.16. The highest BCUT2D eigenvalue weighted by Gasteiger charge is 2.09. The fourth-order valence-corrected chi connectivity index (χ4v) is 2.23. The van der Waals surface area contributed by atoms with E-state index in [9.17, 15) is 0 Å². The summed E-state index contributed by atoms with van der Waals surface area (Å²) in [4.78, 5) is 5.21. The maximum atomic E-state index is 5.36. The zero-order chi connectivity index (χ0) is 12.4. The van der Waals surface area contributed by atoms with Crippen LogP contribution in [-0.4, -0.2) is 23.6 Å². The summed E-state index contributed by atoms with van der Waals surface area (Å²) in [5.74, 6) is 0. The first-order chi connectivity index (χ1) is 8.15. The van der Waals surface area contributed by atoms with Crippen molar-refractivity contribution in [2.45, 2.75) is 13.3 Å². The topological polar surface area (TPSA) is 24.0 Å². The summed E-state index contributed by atoms with van der Waals surface area (Å²) >= 11 is 5.36. The molecule has 0 saturated heterocycles. The van der Waals surface area contributed by atoms with Gasteiger partial charge in [-0.15, -0.1) is 0 Å². The number of aryl methyl sites for hydroxylation is 1. The Bertz CT molecular complexity index is 566. The molecule has 0 bridgehead atoms. The Morgan fingerprint density at radius 1 is 1.29 bits per heavy atom. The molecule has 0 amide bonds. The van der Waals surface area contributed by atoms with Gasteiger partial charge in [-0.2, -0.15) is 0 Å². The molecule has 0 spiro atoms. The van der Waals surface area contributed by atoms with E-state index in [-0.39, 0.29) is 0 Å². The highest BCUT2D eigenvalue weighted by molar-refractivity contribution is 7.71. The van der Waals surface area contributed by atoms with E-state index in [2.05, 4.69) is 33.5 Å². The average Bonchev–Trinajstić information content (AvgIpc) is 2.70. The molecule has 0 saturated carbocycles. The molecule has 4 heteroatoms. The molecular weight excluding hydrogens is 230 g/mol. The van der Waals surface area contributed by atoms with Gasteiger partial charge in [-0.3, -0.25) is 4.57 Å². The summed E-state index contributed by atoms with van der Waals surface area (Å²) in [6.45, 7) is 2.13. The van der Waals surface area contributed by atoms with Crippen LogP contribution in [0.1, 0.15) is 12.6 Å². The molecule has 2 aromatic rings. The van der Waals surface area contributed by atoms with E-state index < -0.39 is 0 Å². The number of nitrogens with one attached hydrogen (secondary N) is 1. The first-order valence-electron chi connectivity index (χ1n) is 5.71. The summed E-state index contributed by atoms with van der Waals surface area (Å²) < 4.78 is 2.85. The average molecular weight is 247 g/mol. The lowest BCUT2D eigenvalue weighted by atomic mass is 10.2. The van der Waals surface area contributed by atoms with Crippen LogP contribution in [0.2, 0.25) is 0 Å². The lowest BCUT2D eigenvalue weighted by molar-refractivity contribution is 0.914. The fraction of sp³-hybridized carbons (Fsp3) is 0.308. The molecule has 17 heavy (non-hydrogen) atoms. The Hall–Kier alpha value is -1.55. The van der Waals surface area contributed by atoms with Crippen LogP contribution >= 0.6 is 12.2 Å². The molecule has 0 aliphatic carbocycles. The van der Waals surface area contributed by atoms with E-state index in [0.717, 1.165) is 22.6 Å². The van der Waals surface area contributed by atoms with Crippen molar-refractivity contribution in [3.05, 3.63) is 40.9 Å². The summed E-state index contributed by atoms with van der Waals surface area (Å²) in [7, 11) is 4.08. The molecule has 3 nitrogen and oxygen atoms in total. The number of hydrogen-bond donors (Lipinski definition) is 1. The Balaban J connectivity index is 2.68. The van der Waals surface area contributed by atoms with E-state index in [0.29, 0.717) is 0 Å². The van der Waals surface area contributed by atoms with Gasteiger partial charge < -0.3 is 9.88 Å². The van der Waals surface area contributed by atoms with Crippen molar-refractivity contribution < 1.29 is 0 Å². The molecule has 1 N–H and O–H groups in total. The minimum Gasteiger partial charge on any atom is -0.376 e. The van der Waals surface area contributed by atoms with E-state index in [4.69, 9.17) is 12.2 Å². The Morgan fingerprint density at radius 3 is 2.65 bits per heavy atom. The number of H-pyrrole nitrogens is 1. The fourth-order valence-electron chi connectivity index (χ4n) is 1.96. The minimum atomic E-state index is 0.746. The summed E-state index contributed by atoms with van der Waals surface area (Å²) in [6.07, 6.45) is 2.93. The maximum Gasteiger partial charge on any atom is 0.182 e. The normalized spacial score (nSPS) is 10.5. The van der Waals surface area contributed by atoms with Crippen LogP contribution in [0.25, 0.3) is 5.69 Å². The highest BCUT2D eigenvalue weighted by atomic mass is 32.1. The second kappa shape index (κ2) is 4.75. The van der Waals surface area contributed by atoms with Gasteiger partial charge in [-0.1, -0.05) is 19.1 Å².